The predicted molar refractivity (Wildman–Crippen MR) is 111 cm³/mol. The van der Waals surface area contributed by atoms with E-state index in [1.807, 2.05) is 36.5 Å². The standard InChI is InChI=1S/C22H25N3O3/c1-26-18-5-6-21(27-2)20(13-18)25-22-12-16-11-19(4-3-15(16)14-24-22)28-17-7-9-23-10-8-17/h3-6,11-14,17,23H,7-10H2,1-2H3,(H,24,25). The summed E-state index contributed by atoms with van der Waals surface area (Å²) >= 11 is 0. The number of ether oxygens (including phenoxy) is 3. The highest BCUT2D eigenvalue weighted by atomic mass is 16.5. The van der Waals surface area contributed by atoms with Crippen molar-refractivity contribution in [2.75, 3.05) is 32.6 Å². The molecule has 2 aromatic carbocycles. The molecule has 1 aliphatic rings. The molecule has 0 bridgehead atoms. The van der Waals surface area contributed by atoms with E-state index in [1.54, 1.807) is 14.2 Å². The van der Waals surface area contributed by atoms with Gasteiger partial charge in [0.05, 0.1) is 19.9 Å². The molecule has 6 nitrogen and oxygen atoms in total. The summed E-state index contributed by atoms with van der Waals surface area (Å²) in [6.45, 7) is 2.03. The highest BCUT2D eigenvalue weighted by Crippen LogP contribution is 2.32. The molecule has 2 heterocycles. The zero-order valence-electron chi connectivity index (χ0n) is 16.2. The lowest BCUT2D eigenvalue weighted by molar-refractivity contribution is 0.162. The van der Waals surface area contributed by atoms with Gasteiger partial charge in [-0.15, -0.1) is 0 Å². The molecule has 6 heteroatoms. The van der Waals surface area contributed by atoms with Gasteiger partial charge in [-0.3, -0.25) is 0 Å². The lowest BCUT2D eigenvalue weighted by atomic mass is 10.1. The summed E-state index contributed by atoms with van der Waals surface area (Å²) in [5.74, 6) is 3.11. The van der Waals surface area contributed by atoms with Crippen LogP contribution in [-0.2, 0) is 0 Å². The molecule has 146 valence electrons. The van der Waals surface area contributed by atoms with Crippen LogP contribution in [0.4, 0.5) is 11.5 Å². The average Bonchev–Trinajstić information content (AvgIpc) is 2.74. The van der Waals surface area contributed by atoms with Crippen LogP contribution in [0.3, 0.4) is 0 Å². The molecule has 0 saturated carbocycles. The van der Waals surface area contributed by atoms with E-state index in [2.05, 4.69) is 27.8 Å². The first kappa shape index (κ1) is 18.4. The first-order chi connectivity index (χ1) is 13.7. The van der Waals surface area contributed by atoms with Crippen LogP contribution in [0.25, 0.3) is 10.8 Å². The van der Waals surface area contributed by atoms with Gasteiger partial charge in [0.1, 0.15) is 29.2 Å². The number of benzene rings is 2. The highest BCUT2D eigenvalue weighted by molar-refractivity contribution is 5.86. The van der Waals surface area contributed by atoms with Crippen molar-refractivity contribution in [1.82, 2.24) is 10.3 Å². The maximum Gasteiger partial charge on any atom is 0.142 e. The lowest BCUT2D eigenvalue weighted by Gasteiger charge is -2.24. The molecule has 0 radical (unpaired) electrons. The van der Waals surface area contributed by atoms with Crippen LogP contribution in [0.1, 0.15) is 12.8 Å². The van der Waals surface area contributed by atoms with Crippen LogP contribution in [-0.4, -0.2) is 38.4 Å². The SMILES string of the molecule is COc1ccc(OC)c(Nc2cc3cc(OC4CCNCC4)ccc3cn2)c1. The van der Waals surface area contributed by atoms with E-state index in [0.717, 1.165) is 65.5 Å². The molecule has 2 N–H and O–H groups in total. The van der Waals surface area contributed by atoms with Crippen LogP contribution < -0.4 is 24.8 Å². The Morgan fingerprint density at radius 1 is 0.929 bits per heavy atom. The fourth-order valence-electron chi connectivity index (χ4n) is 3.42. The van der Waals surface area contributed by atoms with Gasteiger partial charge in [-0.2, -0.15) is 0 Å². The van der Waals surface area contributed by atoms with Crippen LogP contribution >= 0.6 is 0 Å². The van der Waals surface area contributed by atoms with E-state index in [-0.39, 0.29) is 6.10 Å². The summed E-state index contributed by atoms with van der Waals surface area (Å²) < 4.78 is 16.9. The number of methoxy groups -OCH3 is 2. The van der Waals surface area contributed by atoms with Crippen molar-refractivity contribution < 1.29 is 14.2 Å². The smallest absolute Gasteiger partial charge is 0.142 e. The number of nitrogens with one attached hydrogen (secondary N) is 2. The van der Waals surface area contributed by atoms with Gasteiger partial charge >= 0.3 is 0 Å². The van der Waals surface area contributed by atoms with E-state index in [9.17, 15) is 0 Å². The first-order valence-electron chi connectivity index (χ1n) is 9.51. The summed E-state index contributed by atoms with van der Waals surface area (Å²) in [5.41, 5.74) is 0.802. The Bertz CT molecular complexity index is 955. The molecule has 3 aromatic rings. The second-order valence-corrected chi connectivity index (χ2v) is 6.84. The molecule has 0 amide bonds. The van der Waals surface area contributed by atoms with Gasteiger partial charge in [0.15, 0.2) is 0 Å². The van der Waals surface area contributed by atoms with Crippen LogP contribution in [0, 0.1) is 0 Å². The Balaban J connectivity index is 1.58. The van der Waals surface area contributed by atoms with Crippen molar-refractivity contribution in [2.45, 2.75) is 18.9 Å². The van der Waals surface area contributed by atoms with Gasteiger partial charge < -0.3 is 24.8 Å². The molecular weight excluding hydrogens is 354 g/mol. The maximum atomic E-state index is 6.17. The Morgan fingerprint density at radius 3 is 2.54 bits per heavy atom. The van der Waals surface area contributed by atoms with Crippen molar-refractivity contribution in [1.29, 1.82) is 0 Å². The van der Waals surface area contributed by atoms with Crippen molar-refractivity contribution in [2.24, 2.45) is 0 Å². The second-order valence-electron chi connectivity index (χ2n) is 6.84. The van der Waals surface area contributed by atoms with E-state index < -0.39 is 0 Å². The molecule has 1 fully saturated rings. The van der Waals surface area contributed by atoms with Gasteiger partial charge in [0.25, 0.3) is 0 Å². The minimum Gasteiger partial charge on any atom is -0.497 e. The third-order valence-corrected chi connectivity index (χ3v) is 4.95. The van der Waals surface area contributed by atoms with Crippen molar-refractivity contribution in [3.8, 4) is 17.2 Å². The number of aromatic nitrogens is 1. The summed E-state index contributed by atoms with van der Waals surface area (Å²) in [6.07, 6.45) is 4.21. The van der Waals surface area contributed by atoms with E-state index in [1.165, 1.54) is 0 Å². The Morgan fingerprint density at radius 2 is 1.75 bits per heavy atom. The average molecular weight is 379 g/mol. The molecular formula is C22H25N3O3. The number of pyridine rings is 1. The van der Waals surface area contributed by atoms with Crippen molar-refractivity contribution in [3.63, 3.8) is 0 Å². The van der Waals surface area contributed by atoms with Gasteiger partial charge in [0.2, 0.25) is 0 Å². The first-order valence-corrected chi connectivity index (χ1v) is 9.51. The zero-order valence-corrected chi connectivity index (χ0v) is 16.2. The minimum absolute atomic E-state index is 0.277. The summed E-state index contributed by atoms with van der Waals surface area (Å²) in [6, 6.07) is 13.8. The molecule has 1 aromatic heterocycles. The Labute approximate surface area is 164 Å². The lowest BCUT2D eigenvalue weighted by Crippen LogP contribution is -2.34. The third-order valence-electron chi connectivity index (χ3n) is 4.95. The van der Waals surface area contributed by atoms with E-state index in [0.29, 0.717) is 0 Å². The van der Waals surface area contributed by atoms with Crippen LogP contribution in [0.2, 0.25) is 0 Å². The Kier molecular flexibility index (Phi) is 5.48. The second kappa shape index (κ2) is 8.35. The number of anilines is 2. The largest absolute Gasteiger partial charge is 0.497 e. The summed E-state index contributed by atoms with van der Waals surface area (Å²) in [7, 11) is 3.29. The number of fused-ring (bicyclic) bond motifs is 1. The molecule has 1 aliphatic heterocycles. The van der Waals surface area contributed by atoms with E-state index in [4.69, 9.17) is 14.2 Å². The molecule has 4 rings (SSSR count). The van der Waals surface area contributed by atoms with Crippen molar-refractivity contribution in [3.05, 3.63) is 48.7 Å². The third kappa shape index (κ3) is 4.12. The summed E-state index contributed by atoms with van der Waals surface area (Å²) in [4.78, 5) is 4.52. The summed E-state index contributed by atoms with van der Waals surface area (Å²) in [5, 5.41) is 8.83. The van der Waals surface area contributed by atoms with Crippen LogP contribution in [0.5, 0.6) is 17.2 Å². The van der Waals surface area contributed by atoms with Gasteiger partial charge in [-0.1, -0.05) is 0 Å². The normalized spacial score (nSPS) is 14.6. The minimum atomic E-state index is 0.277. The number of rotatable bonds is 6. The quantitative estimate of drug-likeness (QED) is 0.672. The predicted octanol–water partition coefficient (Wildman–Crippen LogP) is 4.13. The van der Waals surface area contributed by atoms with Crippen LogP contribution in [0.15, 0.2) is 48.7 Å². The molecule has 1 saturated heterocycles. The fraction of sp³-hybridized carbons (Fsp3) is 0.318. The monoisotopic (exact) mass is 379 g/mol. The molecule has 0 unspecified atom stereocenters. The molecule has 0 spiro atoms. The number of piperidine rings is 1. The maximum absolute atomic E-state index is 6.17. The number of hydrogen-bond donors (Lipinski definition) is 2. The number of nitrogens with zero attached hydrogens (tertiary/aromatic N) is 1. The topological polar surface area (TPSA) is 64.6 Å². The van der Waals surface area contributed by atoms with Crippen molar-refractivity contribution >= 4 is 22.3 Å². The molecule has 0 atom stereocenters. The molecule has 28 heavy (non-hydrogen) atoms. The van der Waals surface area contributed by atoms with Gasteiger partial charge in [-0.25, -0.2) is 4.98 Å². The zero-order chi connectivity index (χ0) is 19.3. The fourth-order valence-corrected chi connectivity index (χ4v) is 3.42. The molecule has 0 aliphatic carbocycles. The Hall–Kier alpha value is -2.99. The van der Waals surface area contributed by atoms with Gasteiger partial charge in [-0.05, 0) is 67.7 Å². The van der Waals surface area contributed by atoms with E-state index >= 15 is 0 Å². The number of hydrogen-bond acceptors (Lipinski definition) is 6. The highest BCUT2D eigenvalue weighted by Gasteiger charge is 2.14. The van der Waals surface area contributed by atoms with Gasteiger partial charge in [0, 0.05) is 17.6 Å².